The first-order valence-corrected chi connectivity index (χ1v) is 10.8. The molecule has 3 aromatic rings. The second-order valence-electron chi connectivity index (χ2n) is 7.59. The maximum absolute atomic E-state index is 13.5. The number of imide groups is 1. The van der Waals surface area contributed by atoms with Crippen LogP contribution in [-0.2, 0) is 19.2 Å². The number of hydroxylamine groups is 1. The number of amides is 2. The number of benzene rings is 2. The number of nitrogens with zero attached hydrogens (tertiary/aromatic N) is 2. The number of ether oxygens (including phenoxy) is 1. The van der Waals surface area contributed by atoms with Crippen LogP contribution in [0.1, 0.15) is 29.1 Å². The van der Waals surface area contributed by atoms with Crippen molar-refractivity contribution in [3.63, 3.8) is 0 Å². The van der Waals surface area contributed by atoms with Crippen LogP contribution in [0.15, 0.2) is 71.3 Å². The number of esters is 1. The smallest absolute Gasteiger partial charge is 0.338 e. The SMILES string of the molecule is CCOC(=O)c1ccc(N2C(=O)[C@H]3[C@H](ON(c4ccc(Cl)cc4)[C@H]3c3ccco3)C2=O)cc1. The molecule has 2 amide bonds. The van der Waals surface area contributed by atoms with E-state index in [0.717, 1.165) is 4.90 Å². The largest absolute Gasteiger partial charge is 0.467 e. The van der Waals surface area contributed by atoms with Gasteiger partial charge in [-0.2, -0.15) is 0 Å². The predicted molar refractivity (Wildman–Crippen MR) is 119 cm³/mol. The Labute approximate surface area is 194 Å². The Balaban J connectivity index is 1.48. The Hall–Kier alpha value is -3.62. The summed E-state index contributed by atoms with van der Waals surface area (Å²) < 4.78 is 10.6. The van der Waals surface area contributed by atoms with Crippen LogP contribution in [0.2, 0.25) is 5.02 Å². The van der Waals surface area contributed by atoms with Gasteiger partial charge in [-0.25, -0.2) is 14.8 Å². The minimum atomic E-state index is -1.02. The average molecular weight is 467 g/mol. The summed E-state index contributed by atoms with van der Waals surface area (Å²) >= 11 is 6.01. The topological polar surface area (TPSA) is 89.3 Å². The zero-order chi connectivity index (χ0) is 23.1. The van der Waals surface area contributed by atoms with Gasteiger partial charge in [0.25, 0.3) is 5.91 Å². The fourth-order valence-electron chi connectivity index (χ4n) is 4.19. The summed E-state index contributed by atoms with van der Waals surface area (Å²) in [6.07, 6.45) is 0.489. The molecule has 33 heavy (non-hydrogen) atoms. The van der Waals surface area contributed by atoms with Crippen LogP contribution >= 0.6 is 11.6 Å². The zero-order valence-electron chi connectivity index (χ0n) is 17.5. The van der Waals surface area contributed by atoms with Crippen molar-refractivity contribution in [2.24, 2.45) is 5.92 Å². The van der Waals surface area contributed by atoms with Gasteiger partial charge in [0.05, 0.1) is 29.8 Å². The second-order valence-corrected chi connectivity index (χ2v) is 8.03. The van der Waals surface area contributed by atoms with Crippen molar-refractivity contribution in [1.82, 2.24) is 0 Å². The molecule has 3 heterocycles. The van der Waals surface area contributed by atoms with Crippen molar-refractivity contribution in [2.75, 3.05) is 16.6 Å². The number of carbonyl (C=O) groups excluding carboxylic acids is 3. The lowest BCUT2D eigenvalue weighted by atomic mass is 9.94. The Bertz CT molecular complexity index is 1190. The molecule has 3 atom stereocenters. The van der Waals surface area contributed by atoms with Gasteiger partial charge in [-0.15, -0.1) is 0 Å². The lowest BCUT2D eigenvalue weighted by molar-refractivity contribution is -0.126. The van der Waals surface area contributed by atoms with E-state index in [-0.39, 0.29) is 6.61 Å². The molecule has 0 radical (unpaired) electrons. The lowest BCUT2D eigenvalue weighted by Gasteiger charge is -2.27. The first-order valence-electron chi connectivity index (χ1n) is 10.4. The van der Waals surface area contributed by atoms with Crippen LogP contribution in [0.25, 0.3) is 0 Å². The number of fused-ring (bicyclic) bond motifs is 1. The van der Waals surface area contributed by atoms with E-state index in [2.05, 4.69) is 0 Å². The highest BCUT2D eigenvalue weighted by atomic mass is 35.5. The highest BCUT2D eigenvalue weighted by Gasteiger charge is 2.61. The van der Waals surface area contributed by atoms with Crippen LogP contribution in [0.5, 0.6) is 0 Å². The lowest BCUT2D eigenvalue weighted by Crippen LogP contribution is -2.37. The fourth-order valence-corrected chi connectivity index (χ4v) is 4.32. The van der Waals surface area contributed by atoms with Crippen molar-refractivity contribution in [1.29, 1.82) is 0 Å². The van der Waals surface area contributed by atoms with Gasteiger partial charge in [-0.05, 0) is 67.6 Å². The molecule has 2 aliphatic heterocycles. The van der Waals surface area contributed by atoms with Gasteiger partial charge in [0.2, 0.25) is 5.91 Å². The monoisotopic (exact) mass is 466 g/mol. The molecule has 2 aromatic carbocycles. The Morgan fingerprint density at radius 1 is 1.00 bits per heavy atom. The van der Waals surface area contributed by atoms with Gasteiger partial charge >= 0.3 is 5.97 Å². The molecule has 2 fully saturated rings. The summed E-state index contributed by atoms with van der Waals surface area (Å²) in [6.45, 7) is 1.97. The second kappa shape index (κ2) is 8.38. The van der Waals surface area contributed by atoms with Crippen molar-refractivity contribution in [2.45, 2.75) is 19.1 Å². The summed E-state index contributed by atoms with van der Waals surface area (Å²) in [6, 6.07) is 15.9. The van der Waals surface area contributed by atoms with Crippen LogP contribution in [0.3, 0.4) is 0 Å². The van der Waals surface area contributed by atoms with E-state index in [9.17, 15) is 14.4 Å². The van der Waals surface area contributed by atoms with Crippen LogP contribution < -0.4 is 9.96 Å². The maximum Gasteiger partial charge on any atom is 0.338 e. The van der Waals surface area contributed by atoms with Crippen LogP contribution in [-0.4, -0.2) is 30.5 Å². The molecule has 9 heteroatoms. The molecule has 8 nitrogen and oxygen atoms in total. The first kappa shape index (κ1) is 21.2. The van der Waals surface area contributed by atoms with Gasteiger partial charge in [0.15, 0.2) is 6.10 Å². The summed E-state index contributed by atoms with van der Waals surface area (Å²) in [4.78, 5) is 45.8. The summed E-state index contributed by atoms with van der Waals surface area (Å²) in [7, 11) is 0. The van der Waals surface area contributed by atoms with E-state index in [1.165, 1.54) is 23.5 Å². The van der Waals surface area contributed by atoms with Crippen molar-refractivity contribution in [3.8, 4) is 0 Å². The van der Waals surface area contributed by atoms with Gasteiger partial charge in [-0.3, -0.25) is 14.4 Å². The Morgan fingerprint density at radius 2 is 1.70 bits per heavy atom. The third-order valence-corrected chi connectivity index (χ3v) is 5.92. The zero-order valence-corrected chi connectivity index (χ0v) is 18.3. The van der Waals surface area contributed by atoms with Gasteiger partial charge < -0.3 is 9.15 Å². The minimum absolute atomic E-state index is 0.253. The van der Waals surface area contributed by atoms with E-state index in [0.29, 0.717) is 27.7 Å². The van der Waals surface area contributed by atoms with E-state index >= 15 is 0 Å². The fraction of sp³-hybridized carbons (Fsp3) is 0.208. The molecule has 0 bridgehead atoms. The number of carbonyl (C=O) groups is 3. The molecule has 0 spiro atoms. The normalized spacial score (nSPS) is 22.1. The summed E-state index contributed by atoms with van der Waals surface area (Å²) in [5.74, 6) is -1.68. The Morgan fingerprint density at radius 3 is 2.33 bits per heavy atom. The number of rotatable bonds is 5. The summed E-state index contributed by atoms with van der Waals surface area (Å²) in [5.41, 5.74) is 1.33. The van der Waals surface area contributed by atoms with Crippen molar-refractivity contribution in [3.05, 3.63) is 83.3 Å². The average Bonchev–Trinajstić information content (AvgIpc) is 3.52. The van der Waals surface area contributed by atoms with Crippen LogP contribution in [0, 0.1) is 5.92 Å². The number of hydrogen-bond donors (Lipinski definition) is 0. The Kier molecular flexibility index (Phi) is 5.39. The van der Waals surface area contributed by atoms with Crippen LogP contribution in [0.4, 0.5) is 11.4 Å². The van der Waals surface area contributed by atoms with E-state index < -0.39 is 35.8 Å². The molecular formula is C24H19ClN2O6. The molecular weight excluding hydrogens is 448 g/mol. The number of anilines is 2. The van der Waals surface area contributed by atoms with Gasteiger partial charge in [-0.1, -0.05) is 11.6 Å². The van der Waals surface area contributed by atoms with Gasteiger partial charge in [0.1, 0.15) is 17.7 Å². The highest BCUT2D eigenvalue weighted by molar-refractivity contribution is 6.30. The van der Waals surface area contributed by atoms with Crippen molar-refractivity contribution >= 4 is 40.8 Å². The third kappa shape index (κ3) is 3.57. The molecule has 2 saturated heterocycles. The van der Waals surface area contributed by atoms with E-state index in [1.54, 1.807) is 55.5 Å². The summed E-state index contributed by atoms with van der Waals surface area (Å²) in [5, 5.41) is 2.08. The molecule has 0 saturated carbocycles. The quantitative estimate of drug-likeness (QED) is 0.412. The highest BCUT2D eigenvalue weighted by Crippen LogP contribution is 2.47. The maximum atomic E-state index is 13.5. The standard InChI is InChI=1S/C24H19ClN2O6/c1-2-31-24(30)14-5-9-16(10-6-14)26-22(28)19-20(18-4-3-13-32-18)27(33-21(19)23(26)29)17-11-7-15(25)8-12-17/h3-13,19-21H,2H2,1H3/t19-,20+,21+/m1/s1. The molecule has 0 N–H and O–H groups in total. The number of halogens is 1. The number of furan rings is 1. The molecule has 5 rings (SSSR count). The van der Waals surface area contributed by atoms with Crippen molar-refractivity contribution < 1.29 is 28.4 Å². The third-order valence-electron chi connectivity index (χ3n) is 5.67. The number of hydrogen-bond acceptors (Lipinski definition) is 7. The van der Waals surface area contributed by atoms with E-state index in [4.69, 9.17) is 25.6 Å². The minimum Gasteiger partial charge on any atom is -0.467 e. The van der Waals surface area contributed by atoms with E-state index in [1.807, 2.05) is 0 Å². The molecule has 1 aromatic heterocycles. The molecule has 168 valence electrons. The molecule has 0 aliphatic carbocycles. The van der Waals surface area contributed by atoms with Gasteiger partial charge in [0, 0.05) is 5.02 Å². The predicted octanol–water partition coefficient (Wildman–Crippen LogP) is 4.16. The molecule has 0 unspecified atom stereocenters. The molecule has 2 aliphatic rings. The first-order chi connectivity index (χ1) is 16.0.